The lowest BCUT2D eigenvalue weighted by Gasteiger charge is -2.41. The van der Waals surface area contributed by atoms with Crippen molar-refractivity contribution in [1.82, 2.24) is 15.1 Å². The van der Waals surface area contributed by atoms with E-state index in [9.17, 15) is 9.59 Å². The summed E-state index contributed by atoms with van der Waals surface area (Å²) in [6, 6.07) is 15.9. The number of hydrogen-bond acceptors (Lipinski definition) is 3. The van der Waals surface area contributed by atoms with Gasteiger partial charge in [0.15, 0.2) is 0 Å². The predicted octanol–water partition coefficient (Wildman–Crippen LogP) is 2.95. The van der Waals surface area contributed by atoms with Gasteiger partial charge in [-0.3, -0.25) is 4.79 Å². The lowest BCUT2D eigenvalue weighted by molar-refractivity contribution is -0.136. The van der Waals surface area contributed by atoms with E-state index in [2.05, 4.69) is 17.3 Å². The molecule has 3 amide bonds. The Morgan fingerprint density at radius 2 is 1.82 bits per heavy atom. The largest absolute Gasteiger partial charge is 0.352 e. The summed E-state index contributed by atoms with van der Waals surface area (Å²) >= 11 is 6.29. The maximum absolute atomic E-state index is 13.2. The van der Waals surface area contributed by atoms with Gasteiger partial charge in [0.25, 0.3) is 0 Å². The van der Waals surface area contributed by atoms with E-state index in [0.717, 1.165) is 18.7 Å². The van der Waals surface area contributed by atoms with Crippen molar-refractivity contribution in [3.63, 3.8) is 0 Å². The smallest absolute Gasteiger partial charge is 0.312 e. The van der Waals surface area contributed by atoms with Crippen LogP contribution in [0.25, 0.3) is 0 Å². The second kappa shape index (κ2) is 9.08. The van der Waals surface area contributed by atoms with Gasteiger partial charge in [0, 0.05) is 24.7 Å². The molecule has 1 aliphatic heterocycles. The van der Waals surface area contributed by atoms with Crippen LogP contribution in [0.1, 0.15) is 29.6 Å². The van der Waals surface area contributed by atoms with Gasteiger partial charge in [0.1, 0.15) is 0 Å². The quantitative estimate of drug-likeness (QED) is 0.809. The molecule has 2 unspecified atom stereocenters. The molecule has 1 heterocycles. The lowest BCUT2D eigenvalue weighted by Crippen LogP contribution is -2.50. The molecule has 2 atom stereocenters. The summed E-state index contributed by atoms with van der Waals surface area (Å²) in [5.41, 5.74) is 7.13. The van der Waals surface area contributed by atoms with Crippen molar-refractivity contribution in [1.29, 1.82) is 0 Å². The third-order valence-corrected chi connectivity index (χ3v) is 5.41. The van der Waals surface area contributed by atoms with E-state index < -0.39 is 12.1 Å². The number of hydrogen-bond donors (Lipinski definition) is 2. The van der Waals surface area contributed by atoms with Crippen molar-refractivity contribution in [3.8, 4) is 0 Å². The SMILES string of the molecule is CN1CCN(C(=O)CC(NC(N)=O)c2ccccc2Cl)C(c2ccccc2)C1. The van der Waals surface area contributed by atoms with Crippen molar-refractivity contribution in [2.75, 3.05) is 26.7 Å². The molecule has 2 aromatic rings. The van der Waals surface area contributed by atoms with E-state index in [1.54, 1.807) is 18.2 Å². The number of piperazine rings is 1. The van der Waals surface area contributed by atoms with Crippen LogP contribution in [-0.2, 0) is 4.79 Å². The number of carbonyl (C=O) groups excluding carboxylic acids is 2. The third-order valence-electron chi connectivity index (χ3n) is 5.06. The van der Waals surface area contributed by atoms with Gasteiger partial charge in [-0.1, -0.05) is 60.1 Å². The van der Waals surface area contributed by atoms with Gasteiger partial charge < -0.3 is 20.9 Å². The highest BCUT2D eigenvalue weighted by Gasteiger charge is 2.32. The number of nitrogens with one attached hydrogen (secondary N) is 1. The van der Waals surface area contributed by atoms with E-state index in [4.69, 9.17) is 17.3 Å². The maximum atomic E-state index is 13.2. The molecule has 7 heteroatoms. The summed E-state index contributed by atoms with van der Waals surface area (Å²) in [5, 5.41) is 3.16. The normalized spacial score (nSPS) is 18.5. The van der Waals surface area contributed by atoms with Crippen LogP contribution in [-0.4, -0.2) is 48.4 Å². The van der Waals surface area contributed by atoms with Gasteiger partial charge in [0.05, 0.1) is 18.5 Å². The summed E-state index contributed by atoms with van der Waals surface area (Å²) in [7, 11) is 2.05. The monoisotopic (exact) mass is 400 g/mol. The third kappa shape index (κ3) is 4.82. The number of benzene rings is 2. The molecular formula is C21H25ClN4O2. The zero-order valence-corrected chi connectivity index (χ0v) is 16.6. The minimum absolute atomic E-state index is 0.0343. The molecule has 0 saturated carbocycles. The van der Waals surface area contributed by atoms with Crippen molar-refractivity contribution in [3.05, 3.63) is 70.7 Å². The molecule has 1 aliphatic rings. The van der Waals surface area contributed by atoms with Crippen molar-refractivity contribution in [2.45, 2.75) is 18.5 Å². The average Bonchev–Trinajstić information content (AvgIpc) is 2.68. The zero-order chi connectivity index (χ0) is 20.1. The number of halogens is 1. The van der Waals surface area contributed by atoms with E-state index in [1.165, 1.54) is 0 Å². The molecule has 0 aliphatic carbocycles. The Hall–Kier alpha value is -2.57. The molecule has 0 bridgehead atoms. The molecule has 1 fully saturated rings. The number of carbonyl (C=O) groups is 2. The topological polar surface area (TPSA) is 78.7 Å². The summed E-state index contributed by atoms with van der Waals surface area (Å²) in [4.78, 5) is 28.9. The van der Waals surface area contributed by atoms with Gasteiger partial charge in [-0.2, -0.15) is 0 Å². The van der Waals surface area contributed by atoms with Crippen molar-refractivity contribution >= 4 is 23.5 Å². The summed E-state index contributed by atoms with van der Waals surface area (Å²) in [5.74, 6) is -0.0411. The first kappa shape index (κ1) is 20.2. The Kier molecular flexibility index (Phi) is 6.54. The number of nitrogens with zero attached hydrogens (tertiary/aromatic N) is 2. The molecule has 3 N–H and O–H groups in total. The second-order valence-electron chi connectivity index (χ2n) is 7.06. The van der Waals surface area contributed by atoms with Crippen LogP contribution >= 0.6 is 11.6 Å². The highest BCUT2D eigenvalue weighted by atomic mass is 35.5. The van der Waals surface area contributed by atoms with Gasteiger partial charge in [0.2, 0.25) is 5.91 Å². The van der Waals surface area contributed by atoms with Crippen LogP contribution in [0.2, 0.25) is 5.02 Å². The van der Waals surface area contributed by atoms with E-state index in [1.807, 2.05) is 41.3 Å². The Morgan fingerprint density at radius 1 is 1.14 bits per heavy atom. The molecule has 6 nitrogen and oxygen atoms in total. The minimum Gasteiger partial charge on any atom is -0.352 e. The Bertz CT molecular complexity index is 830. The number of urea groups is 1. The molecule has 0 aromatic heterocycles. The predicted molar refractivity (Wildman–Crippen MR) is 110 cm³/mol. The second-order valence-corrected chi connectivity index (χ2v) is 7.47. The van der Waals surface area contributed by atoms with Gasteiger partial charge >= 0.3 is 6.03 Å². The van der Waals surface area contributed by atoms with Crippen LogP contribution in [0.3, 0.4) is 0 Å². The Morgan fingerprint density at radius 3 is 2.50 bits per heavy atom. The van der Waals surface area contributed by atoms with Crippen LogP contribution in [0.5, 0.6) is 0 Å². The maximum Gasteiger partial charge on any atom is 0.312 e. The van der Waals surface area contributed by atoms with Crippen LogP contribution < -0.4 is 11.1 Å². The fourth-order valence-electron chi connectivity index (χ4n) is 3.64. The standard InChI is InChI=1S/C21H25ClN4O2/c1-25-11-12-26(19(14-25)15-7-3-2-4-8-15)20(27)13-18(24-21(23)28)16-9-5-6-10-17(16)22/h2-10,18-19H,11-14H2,1H3,(H3,23,24,28). The highest BCUT2D eigenvalue weighted by molar-refractivity contribution is 6.31. The number of nitrogens with two attached hydrogens (primary N) is 1. The zero-order valence-electron chi connectivity index (χ0n) is 15.8. The molecule has 0 radical (unpaired) electrons. The van der Waals surface area contributed by atoms with Crippen molar-refractivity contribution < 1.29 is 9.59 Å². The van der Waals surface area contributed by atoms with Crippen LogP contribution in [0, 0.1) is 0 Å². The van der Waals surface area contributed by atoms with Gasteiger partial charge in [-0.15, -0.1) is 0 Å². The van der Waals surface area contributed by atoms with Crippen molar-refractivity contribution in [2.24, 2.45) is 5.73 Å². The molecule has 0 spiro atoms. The fraction of sp³-hybridized carbons (Fsp3) is 0.333. The molecule has 2 aromatic carbocycles. The molecule has 148 valence electrons. The first-order valence-electron chi connectivity index (χ1n) is 9.29. The molecule has 1 saturated heterocycles. The fourth-order valence-corrected chi connectivity index (χ4v) is 3.91. The van der Waals surface area contributed by atoms with E-state index in [-0.39, 0.29) is 18.4 Å². The first-order valence-corrected chi connectivity index (χ1v) is 9.67. The summed E-state index contributed by atoms with van der Waals surface area (Å²) in [6.07, 6.45) is 0.0969. The number of likely N-dealkylation sites (N-methyl/N-ethyl adjacent to an activating group) is 1. The summed E-state index contributed by atoms with van der Waals surface area (Å²) in [6.45, 7) is 2.19. The first-order chi connectivity index (χ1) is 13.5. The Balaban J connectivity index is 1.83. The van der Waals surface area contributed by atoms with E-state index in [0.29, 0.717) is 17.1 Å². The van der Waals surface area contributed by atoms with Gasteiger partial charge in [-0.25, -0.2) is 4.79 Å². The molecule has 3 rings (SSSR count). The lowest BCUT2D eigenvalue weighted by atomic mass is 9.99. The average molecular weight is 401 g/mol. The number of primary amides is 1. The number of amides is 3. The minimum atomic E-state index is -0.685. The molecular weight excluding hydrogens is 376 g/mol. The molecule has 28 heavy (non-hydrogen) atoms. The van der Waals surface area contributed by atoms with Crippen LogP contribution in [0.15, 0.2) is 54.6 Å². The Labute approximate surface area is 170 Å². The highest BCUT2D eigenvalue weighted by Crippen LogP contribution is 2.29. The summed E-state index contributed by atoms with van der Waals surface area (Å²) < 4.78 is 0. The van der Waals surface area contributed by atoms with E-state index >= 15 is 0 Å². The van der Waals surface area contributed by atoms with Gasteiger partial charge in [-0.05, 0) is 24.2 Å². The number of rotatable bonds is 5. The van der Waals surface area contributed by atoms with Crippen LogP contribution in [0.4, 0.5) is 4.79 Å².